The maximum absolute atomic E-state index is 14.3. The molecule has 1 N–H and O–H groups in total. The topological polar surface area (TPSA) is 24.5 Å². The molecule has 3 nitrogen and oxygen atoms in total. The van der Waals surface area contributed by atoms with Crippen molar-refractivity contribution in [3.8, 4) is 5.75 Å². The molecule has 1 aromatic rings. The molecule has 0 aliphatic carbocycles. The fraction of sp³-hybridized carbons (Fsp3) is 0.647. The van der Waals surface area contributed by atoms with Crippen LogP contribution in [-0.2, 0) is 6.54 Å². The zero-order valence-corrected chi connectivity index (χ0v) is 13.4. The number of nitrogens with zero attached hydrogens (tertiary/aromatic N) is 1. The van der Waals surface area contributed by atoms with Crippen molar-refractivity contribution in [2.45, 2.75) is 39.3 Å². The average Bonchev–Trinajstić information content (AvgIpc) is 2.49. The van der Waals surface area contributed by atoms with Crippen molar-refractivity contribution in [1.82, 2.24) is 10.2 Å². The van der Waals surface area contributed by atoms with E-state index in [0.717, 1.165) is 19.6 Å². The maximum Gasteiger partial charge on any atom is 0.169 e. The van der Waals surface area contributed by atoms with Crippen LogP contribution in [0.25, 0.3) is 0 Å². The monoisotopic (exact) mass is 294 g/mol. The first kappa shape index (κ1) is 16.2. The largest absolute Gasteiger partial charge is 0.494 e. The molecule has 1 atom stereocenters. The van der Waals surface area contributed by atoms with Crippen LogP contribution in [0.5, 0.6) is 5.75 Å². The molecule has 1 aliphatic rings. The number of ether oxygens (including phenoxy) is 1. The molecule has 0 aromatic heterocycles. The molecule has 2 rings (SSSR count). The van der Waals surface area contributed by atoms with E-state index in [1.54, 1.807) is 6.07 Å². The van der Waals surface area contributed by atoms with E-state index in [9.17, 15) is 4.39 Å². The van der Waals surface area contributed by atoms with Gasteiger partial charge in [0.2, 0.25) is 0 Å². The lowest BCUT2D eigenvalue weighted by atomic mass is 9.98. The van der Waals surface area contributed by atoms with Gasteiger partial charge in [-0.3, -0.25) is 4.90 Å². The highest BCUT2D eigenvalue weighted by molar-refractivity contribution is 5.31. The molecule has 1 unspecified atom stereocenters. The van der Waals surface area contributed by atoms with Crippen LogP contribution in [-0.4, -0.2) is 37.7 Å². The summed E-state index contributed by atoms with van der Waals surface area (Å²) in [5.74, 6) is 0.762. The SMILES string of the molecule is COc1cccc(CN(CC2CCCNC2)C(C)C)c1F. The number of nitrogens with one attached hydrogen (secondary N) is 1. The first-order chi connectivity index (χ1) is 10.1. The van der Waals surface area contributed by atoms with Crippen molar-refractivity contribution < 1.29 is 9.13 Å². The van der Waals surface area contributed by atoms with Crippen molar-refractivity contribution in [2.24, 2.45) is 5.92 Å². The number of halogens is 1. The minimum absolute atomic E-state index is 0.229. The Hall–Kier alpha value is -1.13. The molecule has 0 radical (unpaired) electrons. The Labute approximate surface area is 127 Å². The van der Waals surface area contributed by atoms with Crippen molar-refractivity contribution in [3.05, 3.63) is 29.6 Å². The molecule has 21 heavy (non-hydrogen) atoms. The van der Waals surface area contributed by atoms with Gasteiger partial charge in [0.1, 0.15) is 0 Å². The molecule has 1 fully saturated rings. The van der Waals surface area contributed by atoms with Crippen LogP contribution < -0.4 is 10.1 Å². The number of hydrogen-bond donors (Lipinski definition) is 1. The number of piperidine rings is 1. The van der Waals surface area contributed by atoms with Gasteiger partial charge in [-0.05, 0) is 51.8 Å². The number of rotatable bonds is 6. The third-order valence-corrected chi connectivity index (χ3v) is 4.26. The molecule has 1 saturated heterocycles. The fourth-order valence-electron chi connectivity index (χ4n) is 2.92. The Kier molecular flexibility index (Phi) is 6.00. The third kappa shape index (κ3) is 4.42. The summed E-state index contributed by atoms with van der Waals surface area (Å²) in [7, 11) is 1.51. The van der Waals surface area contributed by atoms with Gasteiger partial charge in [0.25, 0.3) is 0 Å². The lowest BCUT2D eigenvalue weighted by Gasteiger charge is -2.33. The van der Waals surface area contributed by atoms with E-state index in [1.165, 1.54) is 20.0 Å². The molecule has 0 amide bonds. The molecular formula is C17H27FN2O. The van der Waals surface area contributed by atoms with Gasteiger partial charge in [0.05, 0.1) is 7.11 Å². The van der Waals surface area contributed by atoms with Crippen molar-refractivity contribution in [1.29, 1.82) is 0 Å². The number of methoxy groups -OCH3 is 1. The Morgan fingerprint density at radius 3 is 2.86 bits per heavy atom. The molecule has 0 spiro atoms. The molecule has 0 bridgehead atoms. The molecule has 1 aromatic carbocycles. The first-order valence-corrected chi connectivity index (χ1v) is 7.88. The molecule has 0 saturated carbocycles. The Morgan fingerprint density at radius 1 is 1.43 bits per heavy atom. The summed E-state index contributed by atoms with van der Waals surface area (Å²) in [4.78, 5) is 2.36. The van der Waals surface area contributed by atoms with Crippen molar-refractivity contribution >= 4 is 0 Å². The van der Waals surface area contributed by atoms with Crippen LogP contribution in [0, 0.1) is 11.7 Å². The Morgan fingerprint density at radius 2 is 2.24 bits per heavy atom. The Balaban J connectivity index is 2.05. The fourth-order valence-corrected chi connectivity index (χ4v) is 2.92. The van der Waals surface area contributed by atoms with Crippen LogP contribution in [0.15, 0.2) is 18.2 Å². The van der Waals surface area contributed by atoms with Gasteiger partial charge in [0.15, 0.2) is 11.6 Å². The number of hydrogen-bond acceptors (Lipinski definition) is 3. The van der Waals surface area contributed by atoms with Crippen molar-refractivity contribution in [3.63, 3.8) is 0 Å². The van der Waals surface area contributed by atoms with Crippen LogP contribution >= 0.6 is 0 Å². The normalized spacial score (nSPS) is 19.2. The van der Waals surface area contributed by atoms with Gasteiger partial charge >= 0.3 is 0 Å². The predicted molar refractivity (Wildman–Crippen MR) is 84.1 cm³/mol. The second-order valence-electron chi connectivity index (χ2n) is 6.17. The summed E-state index contributed by atoms with van der Waals surface area (Å²) >= 11 is 0. The van der Waals surface area contributed by atoms with E-state index >= 15 is 0 Å². The Bertz CT molecular complexity index is 444. The zero-order chi connectivity index (χ0) is 15.2. The van der Waals surface area contributed by atoms with E-state index in [-0.39, 0.29) is 5.82 Å². The van der Waals surface area contributed by atoms with Crippen LogP contribution in [0.3, 0.4) is 0 Å². The highest BCUT2D eigenvalue weighted by Gasteiger charge is 2.20. The van der Waals surface area contributed by atoms with Crippen molar-refractivity contribution in [2.75, 3.05) is 26.7 Å². The minimum atomic E-state index is -0.229. The highest BCUT2D eigenvalue weighted by Crippen LogP contribution is 2.23. The lowest BCUT2D eigenvalue weighted by Crippen LogP contribution is -2.40. The van der Waals surface area contributed by atoms with E-state index in [0.29, 0.717) is 29.8 Å². The van der Waals surface area contributed by atoms with E-state index < -0.39 is 0 Å². The zero-order valence-electron chi connectivity index (χ0n) is 13.4. The smallest absolute Gasteiger partial charge is 0.169 e. The maximum atomic E-state index is 14.3. The lowest BCUT2D eigenvalue weighted by molar-refractivity contribution is 0.162. The van der Waals surface area contributed by atoms with E-state index in [4.69, 9.17) is 4.74 Å². The van der Waals surface area contributed by atoms with Gasteiger partial charge in [0, 0.05) is 24.7 Å². The molecule has 1 aliphatic heterocycles. The second-order valence-corrected chi connectivity index (χ2v) is 6.17. The summed E-state index contributed by atoms with van der Waals surface area (Å²) in [5, 5.41) is 3.45. The molecular weight excluding hydrogens is 267 g/mol. The quantitative estimate of drug-likeness (QED) is 0.873. The summed E-state index contributed by atoms with van der Waals surface area (Å²) in [5.41, 5.74) is 0.715. The van der Waals surface area contributed by atoms with Crippen LogP contribution in [0.1, 0.15) is 32.3 Å². The van der Waals surface area contributed by atoms with Gasteiger partial charge in [-0.15, -0.1) is 0 Å². The summed E-state index contributed by atoms with van der Waals surface area (Å²) in [6.07, 6.45) is 2.50. The first-order valence-electron chi connectivity index (χ1n) is 7.88. The van der Waals surface area contributed by atoms with Gasteiger partial charge in [-0.25, -0.2) is 4.39 Å². The summed E-state index contributed by atoms with van der Waals surface area (Å²) in [6.45, 7) is 8.20. The van der Waals surface area contributed by atoms with Gasteiger partial charge < -0.3 is 10.1 Å². The average molecular weight is 294 g/mol. The summed E-state index contributed by atoms with van der Waals surface area (Å²) < 4.78 is 19.4. The second kappa shape index (κ2) is 7.76. The minimum Gasteiger partial charge on any atom is -0.494 e. The molecule has 118 valence electrons. The van der Waals surface area contributed by atoms with E-state index in [2.05, 4.69) is 24.1 Å². The molecule has 4 heteroatoms. The summed E-state index contributed by atoms with van der Waals surface area (Å²) in [6, 6.07) is 5.78. The number of benzene rings is 1. The third-order valence-electron chi connectivity index (χ3n) is 4.26. The van der Waals surface area contributed by atoms with E-state index in [1.807, 2.05) is 12.1 Å². The standard InChI is InChI=1S/C17H27FN2O/c1-13(2)20(11-14-6-5-9-19-10-14)12-15-7-4-8-16(21-3)17(15)18/h4,7-8,13-14,19H,5-6,9-12H2,1-3H3. The van der Waals surface area contributed by atoms with Crippen LogP contribution in [0.4, 0.5) is 4.39 Å². The molecule has 1 heterocycles. The van der Waals surface area contributed by atoms with Gasteiger partial charge in [-0.1, -0.05) is 12.1 Å². The van der Waals surface area contributed by atoms with Gasteiger partial charge in [-0.2, -0.15) is 0 Å². The van der Waals surface area contributed by atoms with Crippen LogP contribution in [0.2, 0.25) is 0 Å². The highest BCUT2D eigenvalue weighted by atomic mass is 19.1. The predicted octanol–water partition coefficient (Wildman–Crippen LogP) is 3.04.